The molecule has 1 aromatic carbocycles. The van der Waals surface area contributed by atoms with Crippen LogP contribution in [-0.4, -0.2) is 32.6 Å². The summed E-state index contributed by atoms with van der Waals surface area (Å²) in [6.45, 7) is 0.749. The van der Waals surface area contributed by atoms with E-state index in [9.17, 15) is 15.2 Å². The third kappa shape index (κ3) is 3.13. The van der Waals surface area contributed by atoms with Crippen molar-refractivity contribution in [3.63, 3.8) is 0 Å². The Bertz CT molecular complexity index is 655. The molecule has 0 radical (unpaired) electrons. The van der Waals surface area contributed by atoms with Crippen molar-refractivity contribution in [3.05, 3.63) is 28.3 Å². The molecule has 7 heteroatoms. The van der Waals surface area contributed by atoms with E-state index >= 15 is 0 Å². The monoisotopic (exact) mass is 290 g/mol. The molecule has 1 heterocycles. The second-order valence-corrected chi connectivity index (χ2v) is 5.61. The number of rotatable bonds is 4. The summed E-state index contributed by atoms with van der Waals surface area (Å²) in [5.74, 6) is 1.06. The van der Waals surface area contributed by atoms with Gasteiger partial charge in [0.15, 0.2) is 0 Å². The summed E-state index contributed by atoms with van der Waals surface area (Å²) in [6, 6.07) is 4.57. The molecule has 1 saturated carbocycles. The Balaban J connectivity index is 1.68. The molecule has 2 atom stereocenters. The number of aromatic nitrogens is 2. The van der Waals surface area contributed by atoms with Crippen molar-refractivity contribution < 1.29 is 10.0 Å². The molecule has 0 spiro atoms. The highest BCUT2D eigenvalue weighted by atomic mass is 16.6. The fourth-order valence-corrected chi connectivity index (χ4v) is 2.88. The van der Waals surface area contributed by atoms with Crippen molar-refractivity contribution in [2.45, 2.75) is 31.8 Å². The molecule has 1 aromatic heterocycles. The van der Waals surface area contributed by atoms with Crippen LogP contribution < -0.4 is 5.32 Å². The number of non-ortho nitro benzene ring substituents is 1. The predicted molar refractivity (Wildman–Crippen MR) is 79.2 cm³/mol. The molecule has 3 N–H and O–H groups in total. The van der Waals surface area contributed by atoms with Gasteiger partial charge in [0, 0.05) is 18.7 Å². The molecule has 0 saturated heterocycles. The standard InChI is InChI=1S/C14H18N4O3/c19-11-3-1-2-9(6-11)8-15-14-16-12-5-4-10(18(20)21)7-13(12)17-14/h4-5,7,9,11,19H,1-3,6,8H2,(H2,15,16,17). The first-order valence-electron chi connectivity index (χ1n) is 7.18. The van der Waals surface area contributed by atoms with Gasteiger partial charge < -0.3 is 15.4 Å². The number of aliphatic hydroxyl groups excluding tert-OH is 1. The summed E-state index contributed by atoms with van der Waals surface area (Å²) in [5, 5.41) is 23.6. The van der Waals surface area contributed by atoms with Crippen LogP contribution in [0, 0.1) is 16.0 Å². The van der Waals surface area contributed by atoms with Crippen LogP contribution in [0.2, 0.25) is 0 Å². The Morgan fingerprint density at radius 1 is 1.48 bits per heavy atom. The third-order valence-electron chi connectivity index (χ3n) is 3.99. The van der Waals surface area contributed by atoms with Crippen molar-refractivity contribution in [3.8, 4) is 0 Å². The minimum Gasteiger partial charge on any atom is -0.393 e. The molecular weight excluding hydrogens is 272 g/mol. The molecule has 1 aliphatic rings. The van der Waals surface area contributed by atoms with Crippen molar-refractivity contribution in [2.75, 3.05) is 11.9 Å². The summed E-state index contributed by atoms with van der Waals surface area (Å²) in [7, 11) is 0. The molecule has 0 amide bonds. The summed E-state index contributed by atoms with van der Waals surface area (Å²) in [4.78, 5) is 17.7. The fraction of sp³-hybridized carbons (Fsp3) is 0.500. The van der Waals surface area contributed by atoms with Gasteiger partial charge in [-0.1, -0.05) is 6.42 Å². The zero-order valence-electron chi connectivity index (χ0n) is 11.6. The van der Waals surface area contributed by atoms with E-state index < -0.39 is 4.92 Å². The SMILES string of the molecule is O=[N+]([O-])c1ccc2nc(NCC3CCCC(O)C3)[nH]c2c1. The van der Waals surface area contributed by atoms with E-state index in [1.54, 1.807) is 6.07 Å². The van der Waals surface area contributed by atoms with E-state index in [1.807, 2.05) is 0 Å². The number of nitro benzene ring substituents is 1. The quantitative estimate of drug-likeness (QED) is 0.592. The van der Waals surface area contributed by atoms with E-state index in [0.717, 1.165) is 32.2 Å². The first kappa shape index (κ1) is 13.8. The zero-order chi connectivity index (χ0) is 14.8. The topological polar surface area (TPSA) is 104 Å². The summed E-state index contributed by atoms with van der Waals surface area (Å²) in [5.41, 5.74) is 1.40. The minimum atomic E-state index is -0.420. The number of hydrogen-bond donors (Lipinski definition) is 3. The van der Waals surface area contributed by atoms with Gasteiger partial charge in [0.2, 0.25) is 5.95 Å². The summed E-state index contributed by atoms with van der Waals surface area (Å²) < 4.78 is 0. The molecular formula is C14H18N4O3. The summed E-state index contributed by atoms with van der Waals surface area (Å²) >= 11 is 0. The Morgan fingerprint density at radius 3 is 3.10 bits per heavy atom. The average Bonchev–Trinajstić information content (AvgIpc) is 2.87. The van der Waals surface area contributed by atoms with Crippen LogP contribution in [0.4, 0.5) is 11.6 Å². The van der Waals surface area contributed by atoms with Crippen LogP contribution in [0.3, 0.4) is 0 Å². The number of aromatic amines is 1. The number of nitro groups is 1. The average molecular weight is 290 g/mol. The molecule has 1 aliphatic carbocycles. The van der Waals surface area contributed by atoms with Gasteiger partial charge in [-0.25, -0.2) is 4.98 Å². The molecule has 1 fully saturated rings. The number of H-pyrrole nitrogens is 1. The van der Waals surface area contributed by atoms with E-state index in [4.69, 9.17) is 0 Å². The Kier molecular flexibility index (Phi) is 3.74. The van der Waals surface area contributed by atoms with E-state index in [2.05, 4.69) is 15.3 Å². The number of nitrogens with one attached hydrogen (secondary N) is 2. The normalized spacial score (nSPS) is 22.3. The van der Waals surface area contributed by atoms with Crippen molar-refractivity contribution >= 4 is 22.7 Å². The number of imidazole rings is 1. The molecule has 112 valence electrons. The van der Waals surface area contributed by atoms with Crippen molar-refractivity contribution in [1.29, 1.82) is 0 Å². The molecule has 3 rings (SSSR count). The smallest absolute Gasteiger partial charge is 0.271 e. The lowest BCUT2D eigenvalue weighted by Crippen LogP contribution is -2.25. The maximum Gasteiger partial charge on any atom is 0.271 e. The number of anilines is 1. The van der Waals surface area contributed by atoms with E-state index in [0.29, 0.717) is 22.9 Å². The van der Waals surface area contributed by atoms with Gasteiger partial charge in [0.05, 0.1) is 22.1 Å². The van der Waals surface area contributed by atoms with Gasteiger partial charge in [0.1, 0.15) is 0 Å². The maximum atomic E-state index is 10.7. The highest BCUT2D eigenvalue weighted by Crippen LogP contribution is 2.25. The van der Waals surface area contributed by atoms with Crippen LogP contribution in [0.1, 0.15) is 25.7 Å². The Hall–Kier alpha value is -2.15. The van der Waals surface area contributed by atoms with Gasteiger partial charge in [-0.2, -0.15) is 0 Å². The molecule has 2 aromatic rings. The number of aliphatic hydroxyl groups is 1. The van der Waals surface area contributed by atoms with Crippen molar-refractivity contribution in [1.82, 2.24) is 9.97 Å². The zero-order valence-corrected chi connectivity index (χ0v) is 11.6. The van der Waals surface area contributed by atoms with Gasteiger partial charge in [0.25, 0.3) is 5.69 Å². The van der Waals surface area contributed by atoms with Crippen LogP contribution in [0.5, 0.6) is 0 Å². The number of nitrogens with zero attached hydrogens (tertiary/aromatic N) is 2. The van der Waals surface area contributed by atoms with Crippen LogP contribution in [0.15, 0.2) is 18.2 Å². The van der Waals surface area contributed by atoms with Gasteiger partial charge in [-0.05, 0) is 31.2 Å². The lowest BCUT2D eigenvalue weighted by atomic mass is 9.87. The van der Waals surface area contributed by atoms with Crippen LogP contribution in [-0.2, 0) is 0 Å². The first-order valence-corrected chi connectivity index (χ1v) is 7.18. The predicted octanol–water partition coefficient (Wildman–Crippen LogP) is 2.43. The second-order valence-electron chi connectivity index (χ2n) is 5.61. The van der Waals surface area contributed by atoms with Crippen LogP contribution >= 0.6 is 0 Å². The van der Waals surface area contributed by atoms with Gasteiger partial charge >= 0.3 is 0 Å². The summed E-state index contributed by atoms with van der Waals surface area (Å²) in [6.07, 6.45) is 3.68. The fourth-order valence-electron chi connectivity index (χ4n) is 2.88. The molecule has 0 bridgehead atoms. The van der Waals surface area contributed by atoms with Gasteiger partial charge in [-0.15, -0.1) is 0 Å². The maximum absolute atomic E-state index is 10.7. The first-order chi connectivity index (χ1) is 10.1. The Morgan fingerprint density at radius 2 is 2.33 bits per heavy atom. The van der Waals surface area contributed by atoms with Gasteiger partial charge in [-0.3, -0.25) is 10.1 Å². The molecule has 21 heavy (non-hydrogen) atoms. The number of fused-ring (bicyclic) bond motifs is 1. The number of benzene rings is 1. The third-order valence-corrected chi connectivity index (χ3v) is 3.99. The molecule has 2 unspecified atom stereocenters. The highest BCUT2D eigenvalue weighted by molar-refractivity contribution is 5.79. The van der Waals surface area contributed by atoms with Crippen molar-refractivity contribution in [2.24, 2.45) is 5.92 Å². The lowest BCUT2D eigenvalue weighted by molar-refractivity contribution is -0.384. The number of hydrogen-bond acceptors (Lipinski definition) is 5. The van der Waals surface area contributed by atoms with Crippen LogP contribution in [0.25, 0.3) is 11.0 Å². The van der Waals surface area contributed by atoms with E-state index in [-0.39, 0.29) is 11.8 Å². The molecule has 7 nitrogen and oxygen atoms in total. The van der Waals surface area contributed by atoms with E-state index in [1.165, 1.54) is 12.1 Å². The molecule has 0 aliphatic heterocycles. The largest absolute Gasteiger partial charge is 0.393 e. The highest BCUT2D eigenvalue weighted by Gasteiger charge is 2.20. The lowest BCUT2D eigenvalue weighted by Gasteiger charge is -2.25. The Labute approximate surface area is 121 Å². The minimum absolute atomic E-state index is 0.0492. The second kappa shape index (κ2) is 5.69.